The van der Waals surface area contributed by atoms with Crippen LogP contribution in [0.25, 0.3) is 0 Å². The molecule has 96 valence electrons. The summed E-state index contributed by atoms with van der Waals surface area (Å²) in [7, 11) is 2.76. The predicted octanol–water partition coefficient (Wildman–Crippen LogP) is 2.70. The van der Waals surface area contributed by atoms with Gasteiger partial charge in [0.2, 0.25) is 0 Å². The number of rotatable bonds is 4. The summed E-state index contributed by atoms with van der Waals surface area (Å²) in [5.74, 6) is 0.486. The average molecular weight is 247 g/mol. The van der Waals surface area contributed by atoms with Gasteiger partial charge >= 0.3 is 6.18 Å². The summed E-state index contributed by atoms with van der Waals surface area (Å²) < 4.78 is 43.0. The molecule has 0 saturated carbocycles. The van der Waals surface area contributed by atoms with Crippen LogP contribution in [0.15, 0.2) is 18.2 Å². The summed E-state index contributed by atoms with van der Waals surface area (Å²) in [4.78, 5) is 0. The van der Waals surface area contributed by atoms with Gasteiger partial charge in [-0.15, -0.1) is 0 Å². The Kier molecular flexibility index (Phi) is 4.40. The molecule has 1 N–H and O–H groups in total. The normalized spacial score (nSPS) is 13.5. The van der Waals surface area contributed by atoms with E-state index in [-0.39, 0.29) is 6.42 Å². The number of nitrogens with one attached hydrogen (secondary N) is 1. The van der Waals surface area contributed by atoms with Gasteiger partial charge in [0.15, 0.2) is 0 Å². The molecule has 1 rings (SSSR count). The molecule has 0 heterocycles. The van der Waals surface area contributed by atoms with Crippen molar-refractivity contribution in [1.29, 1.82) is 0 Å². The van der Waals surface area contributed by atoms with Crippen molar-refractivity contribution >= 4 is 0 Å². The van der Waals surface area contributed by atoms with E-state index in [9.17, 15) is 13.2 Å². The first kappa shape index (κ1) is 13.8. The molecule has 1 atom stereocenters. The zero-order valence-corrected chi connectivity index (χ0v) is 10.1. The third-order valence-electron chi connectivity index (χ3n) is 2.60. The van der Waals surface area contributed by atoms with Crippen LogP contribution in [-0.4, -0.2) is 26.4 Å². The van der Waals surface area contributed by atoms with E-state index in [1.165, 1.54) is 14.2 Å². The molecule has 5 heteroatoms. The summed E-state index contributed by atoms with van der Waals surface area (Å²) >= 11 is 0. The molecular formula is C12H16F3NO. The van der Waals surface area contributed by atoms with Crippen LogP contribution in [0.1, 0.15) is 11.1 Å². The molecular weight excluding hydrogens is 231 g/mol. The topological polar surface area (TPSA) is 21.3 Å². The van der Waals surface area contributed by atoms with Crippen LogP contribution < -0.4 is 10.1 Å². The van der Waals surface area contributed by atoms with Gasteiger partial charge < -0.3 is 10.1 Å². The molecule has 0 aliphatic heterocycles. The van der Waals surface area contributed by atoms with E-state index in [1.807, 2.05) is 13.0 Å². The van der Waals surface area contributed by atoms with Crippen molar-refractivity contribution < 1.29 is 17.9 Å². The fraction of sp³-hybridized carbons (Fsp3) is 0.500. The molecule has 0 saturated heterocycles. The Bertz CT molecular complexity index is 377. The average Bonchev–Trinajstić information content (AvgIpc) is 2.24. The zero-order valence-electron chi connectivity index (χ0n) is 10.1. The van der Waals surface area contributed by atoms with Crippen LogP contribution >= 0.6 is 0 Å². The number of halogens is 3. The lowest BCUT2D eigenvalue weighted by Gasteiger charge is -2.20. The van der Waals surface area contributed by atoms with Crippen molar-refractivity contribution in [3.8, 4) is 5.75 Å². The van der Waals surface area contributed by atoms with Crippen molar-refractivity contribution in [1.82, 2.24) is 5.32 Å². The summed E-state index contributed by atoms with van der Waals surface area (Å²) in [5.41, 5.74) is 1.47. The van der Waals surface area contributed by atoms with Crippen molar-refractivity contribution in [2.24, 2.45) is 0 Å². The van der Waals surface area contributed by atoms with Crippen LogP contribution in [0.5, 0.6) is 5.75 Å². The highest BCUT2D eigenvalue weighted by Gasteiger charge is 2.38. The van der Waals surface area contributed by atoms with Gasteiger partial charge in [0.1, 0.15) is 11.8 Å². The Morgan fingerprint density at radius 2 is 2.00 bits per heavy atom. The highest BCUT2D eigenvalue weighted by atomic mass is 19.4. The molecule has 1 unspecified atom stereocenters. The smallest absolute Gasteiger partial charge is 0.404 e. The minimum atomic E-state index is -4.26. The number of benzene rings is 1. The minimum absolute atomic E-state index is 0.134. The van der Waals surface area contributed by atoms with Gasteiger partial charge in [-0.05, 0) is 25.6 Å². The van der Waals surface area contributed by atoms with E-state index in [4.69, 9.17) is 4.74 Å². The minimum Gasteiger partial charge on any atom is -0.496 e. The molecule has 0 aliphatic rings. The van der Waals surface area contributed by atoms with E-state index in [1.54, 1.807) is 12.1 Å². The maximum atomic E-state index is 12.6. The Hall–Kier alpha value is -1.23. The summed E-state index contributed by atoms with van der Waals surface area (Å²) in [6, 6.07) is 3.66. The second kappa shape index (κ2) is 5.40. The zero-order chi connectivity index (χ0) is 13.1. The molecule has 2 nitrogen and oxygen atoms in total. The number of methoxy groups -OCH3 is 1. The molecule has 0 amide bonds. The fourth-order valence-corrected chi connectivity index (χ4v) is 1.67. The van der Waals surface area contributed by atoms with E-state index in [0.29, 0.717) is 11.3 Å². The first-order valence-electron chi connectivity index (χ1n) is 5.26. The van der Waals surface area contributed by atoms with E-state index in [0.717, 1.165) is 5.56 Å². The summed E-state index contributed by atoms with van der Waals surface area (Å²) in [6.07, 6.45) is -4.39. The van der Waals surface area contributed by atoms with Crippen LogP contribution in [0.3, 0.4) is 0 Å². The van der Waals surface area contributed by atoms with Gasteiger partial charge in [0, 0.05) is 6.42 Å². The van der Waals surface area contributed by atoms with E-state index >= 15 is 0 Å². The Morgan fingerprint density at radius 1 is 1.35 bits per heavy atom. The molecule has 1 aromatic carbocycles. The van der Waals surface area contributed by atoms with Crippen molar-refractivity contribution in [3.63, 3.8) is 0 Å². The van der Waals surface area contributed by atoms with Crippen LogP contribution in [0, 0.1) is 6.92 Å². The second-order valence-electron chi connectivity index (χ2n) is 3.90. The maximum Gasteiger partial charge on any atom is 0.404 e. The van der Waals surface area contributed by atoms with Crippen molar-refractivity contribution in [2.45, 2.75) is 25.6 Å². The highest BCUT2D eigenvalue weighted by molar-refractivity contribution is 5.37. The Labute approximate surface area is 98.8 Å². The lowest BCUT2D eigenvalue weighted by atomic mass is 10.0. The molecule has 0 aromatic heterocycles. The largest absolute Gasteiger partial charge is 0.496 e. The molecule has 0 radical (unpaired) electrons. The SMILES string of the molecule is CNC(Cc1cc(C)ccc1OC)C(F)(F)F. The highest BCUT2D eigenvalue weighted by Crippen LogP contribution is 2.27. The number of hydrogen-bond acceptors (Lipinski definition) is 2. The molecule has 0 spiro atoms. The third kappa shape index (κ3) is 3.63. The maximum absolute atomic E-state index is 12.6. The van der Waals surface area contributed by atoms with Crippen LogP contribution in [0.2, 0.25) is 0 Å². The van der Waals surface area contributed by atoms with Gasteiger partial charge in [-0.25, -0.2) is 0 Å². The number of likely N-dealkylation sites (N-methyl/N-ethyl adjacent to an activating group) is 1. The molecule has 0 aliphatic carbocycles. The van der Waals surface area contributed by atoms with Crippen molar-refractivity contribution in [2.75, 3.05) is 14.2 Å². The molecule has 1 aromatic rings. The monoisotopic (exact) mass is 247 g/mol. The van der Waals surface area contributed by atoms with Gasteiger partial charge in [0.25, 0.3) is 0 Å². The first-order valence-corrected chi connectivity index (χ1v) is 5.26. The Balaban J connectivity index is 2.96. The number of aryl methyl sites for hydroxylation is 1. The van der Waals surface area contributed by atoms with Gasteiger partial charge in [-0.2, -0.15) is 13.2 Å². The van der Waals surface area contributed by atoms with Crippen molar-refractivity contribution in [3.05, 3.63) is 29.3 Å². The standard InChI is InChI=1S/C12H16F3NO/c1-8-4-5-10(17-3)9(6-8)7-11(16-2)12(13,14)15/h4-6,11,16H,7H2,1-3H3. The van der Waals surface area contributed by atoms with E-state index < -0.39 is 12.2 Å². The van der Waals surface area contributed by atoms with Crippen LogP contribution in [0.4, 0.5) is 13.2 Å². The quantitative estimate of drug-likeness (QED) is 0.883. The number of hydrogen-bond donors (Lipinski definition) is 1. The Morgan fingerprint density at radius 3 is 2.47 bits per heavy atom. The summed E-state index contributed by atoms with van der Waals surface area (Å²) in [6.45, 7) is 1.84. The fourth-order valence-electron chi connectivity index (χ4n) is 1.67. The van der Waals surface area contributed by atoms with Gasteiger partial charge in [0.05, 0.1) is 7.11 Å². The third-order valence-corrected chi connectivity index (χ3v) is 2.60. The molecule has 0 bridgehead atoms. The molecule has 17 heavy (non-hydrogen) atoms. The first-order chi connectivity index (χ1) is 7.88. The summed E-state index contributed by atoms with van der Waals surface area (Å²) in [5, 5.41) is 2.28. The van der Waals surface area contributed by atoms with Gasteiger partial charge in [-0.3, -0.25) is 0 Å². The lowest BCUT2D eigenvalue weighted by Crippen LogP contribution is -2.41. The predicted molar refractivity (Wildman–Crippen MR) is 60.3 cm³/mol. The number of ether oxygens (including phenoxy) is 1. The van der Waals surface area contributed by atoms with Crippen LogP contribution in [-0.2, 0) is 6.42 Å². The lowest BCUT2D eigenvalue weighted by molar-refractivity contribution is -0.154. The van der Waals surface area contributed by atoms with E-state index in [2.05, 4.69) is 5.32 Å². The second-order valence-corrected chi connectivity index (χ2v) is 3.90. The molecule has 0 fully saturated rings. The number of alkyl halides is 3. The van der Waals surface area contributed by atoms with Gasteiger partial charge in [-0.1, -0.05) is 17.7 Å².